The Kier molecular flexibility index (Phi) is 3.89. The molecule has 1 N–H and O–H groups in total. The fourth-order valence-corrected chi connectivity index (χ4v) is 2.25. The second-order valence-electron chi connectivity index (χ2n) is 5.27. The zero-order valence-corrected chi connectivity index (χ0v) is 11.6. The summed E-state index contributed by atoms with van der Waals surface area (Å²) in [6.45, 7) is 3.57. The van der Waals surface area contributed by atoms with Crippen molar-refractivity contribution in [1.29, 1.82) is 0 Å². The summed E-state index contributed by atoms with van der Waals surface area (Å²) >= 11 is 0. The number of aliphatic carboxylic acids is 1. The first-order valence-electron chi connectivity index (χ1n) is 6.47. The quantitative estimate of drug-likeness (QED) is 0.921. The molecule has 0 saturated carbocycles. The summed E-state index contributed by atoms with van der Waals surface area (Å²) in [5.74, 6) is -1.32. The van der Waals surface area contributed by atoms with Crippen molar-refractivity contribution in [3.8, 4) is 0 Å². The molecule has 2 nitrogen and oxygen atoms in total. The average molecular weight is 272 g/mol. The van der Waals surface area contributed by atoms with E-state index in [1.54, 1.807) is 37.3 Å². The van der Waals surface area contributed by atoms with Gasteiger partial charge in [0.05, 0.1) is 5.41 Å². The number of hydrogen-bond acceptors (Lipinski definition) is 1. The largest absolute Gasteiger partial charge is 0.481 e. The lowest BCUT2D eigenvalue weighted by atomic mass is 9.77. The van der Waals surface area contributed by atoms with Crippen molar-refractivity contribution < 1.29 is 14.3 Å². The Bertz CT molecular complexity index is 619. The molecule has 20 heavy (non-hydrogen) atoms. The van der Waals surface area contributed by atoms with Crippen LogP contribution in [0.4, 0.5) is 4.39 Å². The smallest absolute Gasteiger partial charge is 0.314 e. The van der Waals surface area contributed by atoms with E-state index in [1.165, 1.54) is 6.07 Å². The second kappa shape index (κ2) is 5.45. The SMILES string of the molecule is Cc1ccc(C(C)(Cc2ccccc2F)C(=O)O)cc1. The Balaban J connectivity index is 2.43. The number of carboxylic acids is 1. The van der Waals surface area contributed by atoms with Crippen molar-refractivity contribution >= 4 is 5.97 Å². The van der Waals surface area contributed by atoms with E-state index in [0.29, 0.717) is 11.1 Å². The molecule has 0 amide bonds. The lowest BCUT2D eigenvalue weighted by Crippen LogP contribution is -2.35. The highest BCUT2D eigenvalue weighted by Gasteiger charge is 2.36. The van der Waals surface area contributed by atoms with Crippen LogP contribution in [-0.2, 0) is 16.6 Å². The van der Waals surface area contributed by atoms with Gasteiger partial charge in [0.25, 0.3) is 0 Å². The van der Waals surface area contributed by atoms with Gasteiger partial charge < -0.3 is 5.11 Å². The van der Waals surface area contributed by atoms with Crippen LogP contribution in [0.5, 0.6) is 0 Å². The maximum Gasteiger partial charge on any atom is 0.314 e. The molecule has 0 spiro atoms. The van der Waals surface area contributed by atoms with Gasteiger partial charge in [0.15, 0.2) is 0 Å². The van der Waals surface area contributed by atoms with E-state index in [2.05, 4.69) is 0 Å². The van der Waals surface area contributed by atoms with Crippen molar-refractivity contribution in [1.82, 2.24) is 0 Å². The zero-order valence-electron chi connectivity index (χ0n) is 11.6. The molecule has 2 rings (SSSR count). The first-order chi connectivity index (χ1) is 9.43. The second-order valence-corrected chi connectivity index (χ2v) is 5.27. The van der Waals surface area contributed by atoms with Crippen molar-refractivity contribution in [2.45, 2.75) is 25.7 Å². The average Bonchev–Trinajstić information content (AvgIpc) is 2.42. The van der Waals surface area contributed by atoms with Gasteiger partial charge in [-0.1, -0.05) is 48.0 Å². The molecule has 2 aromatic rings. The number of aryl methyl sites for hydroxylation is 1. The summed E-state index contributed by atoms with van der Waals surface area (Å²) in [6, 6.07) is 13.6. The summed E-state index contributed by atoms with van der Waals surface area (Å²) < 4.78 is 13.8. The topological polar surface area (TPSA) is 37.3 Å². The van der Waals surface area contributed by atoms with E-state index < -0.39 is 11.4 Å². The predicted molar refractivity (Wildman–Crippen MR) is 76.3 cm³/mol. The fourth-order valence-electron chi connectivity index (χ4n) is 2.25. The minimum Gasteiger partial charge on any atom is -0.481 e. The molecule has 3 heteroatoms. The van der Waals surface area contributed by atoms with E-state index in [-0.39, 0.29) is 12.2 Å². The summed E-state index contributed by atoms with van der Waals surface area (Å²) in [6.07, 6.45) is 0.123. The number of rotatable bonds is 4. The summed E-state index contributed by atoms with van der Waals surface area (Å²) in [5.41, 5.74) is 1.01. The monoisotopic (exact) mass is 272 g/mol. The van der Waals surface area contributed by atoms with Crippen molar-refractivity contribution in [2.24, 2.45) is 0 Å². The van der Waals surface area contributed by atoms with Crippen LogP contribution < -0.4 is 0 Å². The van der Waals surface area contributed by atoms with Gasteiger partial charge in [-0.3, -0.25) is 4.79 Å². The Hall–Kier alpha value is -2.16. The molecule has 0 aromatic heterocycles. The molecular weight excluding hydrogens is 255 g/mol. The summed E-state index contributed by atoms with van der Waals surface area (Å²) in [4.78, 5) is 11.7. The van der Waals surface area contributed by atoms with Crippen LogP contribution in [-0.4, -0.2) is 11.1 Å². The number of hydrogen-bond donors (Lipinski definition) is 1. The third-order valence-electron chi connectivity index (χ3n) is 3.66. The third-order valence-corrected chi connectivity index (χ3v) is 3.66. The highest BCUT2D eigenvalue weighted by molar-refractivity contribution is 5.81. The third kappa shape index (κ3) is 2.72. The van der Waals surface area contributed by atoms with Gasteiger partial charge in [-0.2, -0.15) is 0 Å². The Morgan fingerprint density at radius 3 is 2.30 bits per heavy atom. The van der Waals surface area contributed by atoms with Crippen LogP contribution in [0.1, 0.15) is 23.6 Å². The minimum atomic E-state index is -1.14. The van der Waals surface area contributed by atoms with Crippen LogP contribution in [0.25, 0.3) is 0 Å². The normalized spacial score (nSPS) is 13.8. The predicted octanol–water partition coefficient (Wildman–Crippen LogP) is 3.72. The maximum atomic E-state index is 13.8. The van der Waals surface area contributed by atoms with Gasteiger partial charge in [0.2, 0.25) is 0 Å². The van der Waals surface area contributed by atoms with Crippen molar-refractivity contribution in [3.05, 3.63) is 71.0 Å². The van der Waals surface area contributed by atoms with Crippen LogP contribution in [0.2, 0.25) is 0 Å². The van der Waals surface area contributed by atoms with E-state index >= 15 is 0 Å². The standard InChI is InChI=1S/C17H17FO2/c1-12-7-9-14(10-8-12)17(2,16(19)20)11-13-5-3-4-6-15(13)18/h3-10H,11H2,1-2H3,(H,19,20). The van der Waals surface area contributed by atoms with Gasteiger partial charge in [-0.25, -0.2) is 4.39 Å². The first kappa shape index (κ1) is 14.3. The molecule has 0 aliphatic carbocycles. The van der Waals surface area contributed by atoms with Crippen LogP contribution in [0.15, 0.2) is 48.5 Å². The lowest BCUT2D eigenvalue weighted by Gasteiger charge is -2.26. The summed E-state index contributed by atoms with van der Waals surface area (Å²) in [5, 5.41) is 9.59. The molecule has 0 aliphatic heterocycles. The molecule has 104 valence electrons. The van der Waals surface area contributed by atoms with Gasteiger partial charge in [-0.05, 0) is 37.5 Å². The van der Waals surface area contributed by atoms with Gasteiger partial charge in [0, 0.05) is 0 Å². The lowest BCUT2D eigenvalue weighted by molar-refractivity contribution is -0.143. The minimum absolute atomic E-state index is 0.123. The molecule has 0 fully saturated rings. The van der Waals surface area contributed by atoms with Crippen LogP contribution in [0.3, 0.4) is 0 Å². The van der Waals surface area contributed by atoms with Gasteiger partial charge in [-0.15, -0.1) is 0 Å². The highest BCUT2D eigenvalue weighted by atomic mass is 19.1. The van der Waals surface area contributed by atoms with E-state index in [4.69, 9.17) is 0 Å². The van der Waals surface area contributed by atoms with E-state index in [1.807, 2.05) is 19.1 Å². The fraction of sp³-hybridized carbons (Fsp3) is 0.235. The molecule has 1 unspecified atom stereocenters. The number of benzene rings is 2. The van der Waals surface area contributed by atoms with Crippen LogP contribution >= 0.6 is 0 Å². The van der Waals surface area contributed by atoms with Gasteiger partial charge >= 0.3 is 5.97 Å². The number of carbonyl (C=O) groups is 1. The molecule has 0 saturated heterocycles. The van der Waals surface area contributed by atoms with Gasteiger partial charge in [0.1, 0.15) is 5.82 Å². The molecular formula is C17H17FO2. The highest BCUT2D eigenvalue weighted by Crippen LogP contribution is 2.29. The first-order valence-corrected chi connectivity index (χ1v) is 6.47. The van der Waals surface area contributed by atoms with E-state index in [0.717, 1.165) is 5.56 Å². The molecule has 0 radical (unpaired) electrons. The zero-order chi connectivity index (χ0) is 14.8. The molecule has 2 aromatic carbocycles. The molecule has 0 heterocycles. The maximum absolute atomic E-state index is 13.8. The number of halogens is 1. The Labute approximate surface area is 117 Å². The van der Waals surface area contributed by atoms with Crippen molar-refractivity contribution in [2.75, 3.05) is 0 Å². The molecule has 0 aliphatic rings. The summed E-state index contributed by atoms with van der Waals surface area (Å²) in [7, 11) is 0. The van der Waals surface area contributed by atoms with E-state index in [9.17, 15) is 14.3 Å². The van der Waals surface area contributed by atoms with Crippen molar-refractivity contribution in [3.63, 3.8) is 0 Å². The molecule has 0 bridgehead atoms. The Morgan fingerprint density at radius 2 is 1.75 bits per heavy atom. The Morgan fingerprint density at radius 1 is 1.15 bits per heavy atom. The van der Waals surface area contributed by atoms with Crippen LogP contribution in [0, 0.1) is 12.7 Å². The number of carboxylic acid groups (broad SMARTS) is 1. The molecule has 1 atom stereocenters.